The molecule has 0 spiro atoms. The Hall–Kier alpha value is -1.01. The molecule has 11 heavy (non-hydrogen) atoms. The molecule has 0 aliphatic carbocycles. The van der Waals surface area contributed by atoms with Crippen LogP contribution < -0.4 is 0 Å². The van der Waals surface area contributed by atoms with Gasteiger partial charge in [0.05, 0.1) is 12.5 Å². The molecule has 1 atom stereocenters. The molecule has 0 aromatic rings. The maximum Gasteiger partial charge on any atom is 0.305 e. The maximum atomic E-state index is 10.0. The molecule has 0 aliphatic heterocycles. The van der Waals surface area contributed by atoms with Gasteiger partial charge in [-0.25, -0.2) is 0 Å². The summed E-state index contributed by atoms with van der Waals surface area (Å²) in [5.41, 5.74) is 0. The molecule has 3 nitrogen and oxygen atoms in total. The summed E-state index contributed by atoms with van der Waals surface area (Å²) in [4.78, 5) is 10.0. The number of carboxylic acid groups (broad SMARTS) is 1. The van der Waals surface area contributed by atoms with Gasteiger partial charge in [0, 0.05) is 6.42 Å². The minimum Gasteiger partial charge on any atom is -0.481 e. The first kappa shape index (κ1) is 9.99. The van der Waals surface area contributed by atoms with E-state index in [1.165, 1.54) is 0 Å². The van der Waals surface area contributed by atoms with E-state index in [1.54, 1.807) is 0 Å². The van der Waals surface area contributed by atoms with Crippen molar-refractivity contribution in [2.75, 3.05) is 0 Å². The van der Waals surface area contributed by atoms with Gasteiger partial charge in [-0.05, 0) is 12.8 Å². The SMILES string of the molecule is C#CCCC[C@@H](O)CC(=O)O. The lowest BCUT2D eigenvalue weighted by Crippen LogP contribution is -2.12. The average molecular weight is 156 g/mol. The summed E-state index contributed by atoms with van der Waals surface area (Å²) >= 11 is 0. The lowest BCUT2D eigenvalue weighted by atomic mass is 10.1. The van der Waals surface area contributed by atoms with Crippen molar-refractivity contribution in [2.45, 2.75) is 31.8 Å². The molecule has 3 heteroatoms. The molecule has 2 N–H and O–H groups in total. The molecular weight excluding hydrogens is 144 g/mol. The van der Waals surface area contributed by atoms with Crippen molar-refractivity contribution in [1.82, 2.24) is 0 Å². The van der Waals surface area contributed by atoms with Gasteiger partial charge in [-0.3, -0.25) is 4.79 Å². The quantitative estimate of drug-likeness (QED) is 0.453. The first-order valence-corrected chi connectivity index (χ1v) is 3.50. The Kier molecular flexibility index (Phi) is 5.22. The zero-order chi connectivity index (χ0) is 8.69. The monoisotopic (exact) mass is 156 g/mol. The molecule has 0 aliphatic rings. The third-order valence-corrected chi connectivity index (χ3v) is 1.27. The predicted octanol–water partition coefficient (Wildman–Crippen LogP) is 0.625. The van der Waals surface area contributed by atoms with Crippen molar-refractivity contribution in [3.05, 3.63) is 0 Å². The van der Waals surface area contributed by atoms with Crippen molar-refractivity contribution in [1.29, 1.82) is 0 Å². The van der Waals surface area contributed by atoms with Crippen molar-refractivity contribution < 1.29 is 15.0 Å². The molecule has 0 saturated heterocycles. The van der Waals surface area contributed by atoms with Gasteiger partial charge in [0.2, 0.25) is 0 Å². The Morgan fingerprint density at radius 1 is 1.64 bits per heavy atom. The second-order valence-corrected chi connectivity index (χ2v) is 2.35. The average Bonchev–Trinajstić information content (AvgIpc) is 1.86. The number of hydrogen-bond donors (Lipinski definition) is 2. The van der Waals surface area contributed by atoms with Crippen LogP contribution in [0.2, 0.25) is 0 Å². The number of aliphatic hydroxyl groups is 1. The van der Waals surface area contributed by atoms with E-state index < -0.39 is 12.1 Å². The van der Waals surface area contributed by atoms with Crippen molar-refractivity contribution >= 4 is 5.97 Å². The largest absolute Gasteiger partial charge is 0.481 e. The summed E-state index contributed by atoms with van der Waals surface area (Å²) in [7, 11) is 0. The van der Waals surface area contributed by atoms with Crippen LogP contribution in [0.5, 0.6) is 0 Å². The van der Waals surface area contributed by atoms with Gasteiger partial charge in [-0.15, -0.1) is 12.3 Å². The van der Waals surface area contributed by atoms with Gasteiger partial charge in [-0.2, -0.15) is 0 Å². The molecule has 0 bridgehead atoms. The van der Waals surface area contributed by atoms with Crippen molar-refractivity contribution in [3.63, 3.8) is 0 Å². The number of terminal acetylenes is 1. The third kappa shape index (κ3) is 6.88. The maximum absolute atomic E-state index is 10.0. The summed E-state index contributed by atoms with van der Waals surface area (Å²) in [6, 6.07) is 0. The number of rotatable bonds is 5. The molecule has 0 aromatic heterocycles. The Bertz CT molecular complexity index is 157. The van der Waals surface area contributed by atoms with E-state index in [-0.39, 0.29) is 6.42 Å². The van der Waals surface area contributed by atoms with Gasteiger partial charge >= 0.3 is 5.97 Å². The zero-order valence-corrected chi connectivity index (χ0v) is 6.29. The molecule has 62 valence electrons. The number of carboxylic acids is 1. The predicted molar refractivity (Wildman–Crippen MR) is 40.9 cm³/mol. The second kappa shape index (κ2) is 5.75. The van der Waals surface area contributed by atoms with Crippen LogP contribution >= 0.6 is 0 Å². The molecule has 0 heterocycles. The highest BCUT2D eigenvalue weighted by Gasteiger charge is 2.07. The molecule has 0 rings (SSSR count). The van der Waals surface area contributed by atoms with E-state index in [0.717, 1.165) is 0 Å². The van der Waals surface area contributed by atoms with Crippen LogP contribution in [-0.2, 0) is 4.79 Å². The molecular formula is C8H12O3. The number of unbranched alkanes of at least 4 members (excludes halogenated alkanes) is 1. The number of aliphatic hydroxyl groups excluding tert-OH is 1. The number of hydrogen-bond acceptors (Lipinski definition) is 2. The topological polar surface area (TPSA) is 57.5 Å². The van der Waals surface area contributed by atoms with Crippen LogP contribution in [0.15, 0.2) is 0 Å². The third-order valence-electron chi connectivity index (χ3n) is 1.27. The normalized spacial score (nSPS) is 12.0. The van der Waals surface area contributed by atoms with Crippen LogP contribution in [-0.4, -0.2) is 22.3 Å². The van der Waals surface area contributed by atoms with Crippen LogP contribution in [0.1, 0.15) is 25.7 Å². The first-order chi connectivity index (χ1) is 5.16. The van der Waals surface area contributed by atoms with Gasteiger partial charge in [0.15, 0.2) is 0 Å². The van der Waals surface area contributed by atoms with Crippen LogP contribution in [0, 0.1) is 12.3 Å². The van der Waals surface area contributed by atoms with Crippen LogP contribution in [0.4, 0.5) is 0 Å². The van der Waals surface area contributed by atoms with Gasteiger partial charge in [0.25, 0.3) is 0 Å². The fraction of sp³-hybridized carbons (Fsp3) is 0.625. The van der Waals surface area contributed by atoms with E-state index >= 15 is 0 Å². The molecule has 0 unspecified atom stereocenters. The van der Waals surface area contributed by atoms with E-state index in [2.05, 4.69) is 5.92 Å². The summed E-state index contributed by atoms with van der Waals surface area (Å²) < 4.78 is 0. The van der Waals surface area contributed by atoms with E-state index in [1.807, 2.05) is 0 Å². The zero-order valence-electron chi connectivity index (χ0n) is 6.29. The lowest BCUT2D eigenvalue weighted by molar-refractivity contribution is -0.139. The Morgan fingerprint density at radius 2 is 2.27 bits per heavy atom. The Morgan fingerprint density at radius 3 is 2.73 bits per heavy atom. The number of carbonyl (C=O) groups is 1. The Balaban J connectivity index is 3.31. The molecule has 0 amide bonds. The van der Waals surface area contributed by atoms with E-state index in [0.29, 0.717) is 19.3 Å². The molecule has 0 radical (unpaired) electrons. The van der Waals surface area contributed by atoms with Crippen LogP contribution in [0.25, 0.3) is 0 Å². The minimum atomic E-state index is -0.974. The smallest absolute Gasteiger partial charge is 0.305 e. The van der Waals surface area contributed by atoms with Crippen LogP contribution in [0.3, 0.4) is 0 Å². The van der Waals surface area contributed by atoms with E-state index in [4.69, 9.17) is 16.6 Å². The fourth-order valence-corrected chi connectivity index (χ4v) is 0.743. The molecule has 0 aromatic carbocycles. The van der Waals surface area contributed by atoms with Gasteiger partial charge in [0.1, 0.15) is 0 Å². The molecule has 0 saturated carbocycles. The minimum absolute atomic E-state index is 0.190. The first-order valence-electron chi connectivity index (χ1n) is 3.50. The van der Waals surface area contributed by atoms with E-state index in [9.17, 15) is 4.79 Å². The summed E-state index contributed by atoms with van der Waals surface area (Å²) in [6.07, 6.45) is 5.78. The standard InChI is InChI=1S/C8H12O3/c1-2-3-4-5-7(9)6-8(10)11/h1,7,9H,3-6H2,(H,10,11)/t7-/m1/s1. The Labute approximate surface area is 66.0 Å². The van der Waals surface area contributed by atoms with Crippen molar-refractivity contribution in [3.8, 4) is 12.3 Å². The fourth-order valence-electron chi connectivity index (χ4n) is 0.743. The van der Waals surface area contributed by atoms with Gasteiger partial charge in [-0.1, -0.05) is 0 Å². The highest BCUT2D eigenvalue weighted by molar-refractivity contribution is 5.67. The highest BCUT2D eigenvalue weighted by atomic mass is 16.4. The number of aliphatic carboxylic acids is 1. The highest BCUT2D eigenvalue weighted by Crippen LogP contribution is 2.03. The van der Waals surface area contributed by atoms with Gasteiger partial charge < -0.3 is 10.2 Å². The summed E-state index contributed by atoms with van der Waals surface area (Å²) in [5.74, 6) is 1.44. The summed E-state index contributed by atoms with van der Waals surface area (Å²) in [6.45, 7) is 0. The van der Waals surface area contributed by atoms with Crippen molar-refractivity contribution in [2.24, 2.45) is 0 Å². The molecule has 0 fully saturated rings. The summed E-state index contributed by atoms with van der Waals surface area (Å²) in [5, 5.41) is 17.2. The lowest BCUT2D eigenvalue weighted by Gasteiger charge is -2.04. The second-order valence-electron chi connectivity index (χ2n) is 2.35.